The number of hydrogen-bond acceptors (Lipinski definition) is 4. The van der Waals surface area contributed by atoms with Crippen LogP contribution in [-0.2, 0) is 20.8 Å². The minimum absolute atomic E-state index is 0.0534. The molecular formula is C14H17BrN2O3S. The van der Waals surface area contributed by atoms with Gasteiger partial charge in [0.15, 0.2) is 0 Å². The molecule has 21 heavy (non-hydrogen) atoms. The summed E-state index contributed by atoms with van der Waals surface area (Å²) in [6, 6.07) is 4.01. The molecule has 2 heterocycles. The van der Waals surface area contributed by atoms with Crippen LogP contribution in [-0.4, -0.2) is 34.7 Å². The van der Waals surface area contributed by atoms with E-state index in [4.69, 9.17) is 0 Å². The summed E-state index contributed by atoms with van der Waals surface area (Å²) in [6.07, 6.45) is 1.85. The number of nitrogens with zero attached hydrogens (tertiary/aromatic N) is 1. The van der Waals surface area contributed by atoms with E-state index in [9.17, 15) is 14.4 Å². The summed E-state index contributed by atoms with van der Waals surface area (Å²) in [7, 11) is 0. The number of amides is 3. The Morgan fingerprint density at radius 1 is 1.43 bits per heavy atom. The Morgan fingerprint density at radius 3 is 2.76 bits per heavy atom. The third kappa shape index (κ3) is 3.71. The third-order valence-corrected chi connectivity index (χ3v) is 5.21. The lowest BCUT2D eigenvalue weighted by molar-refractivity contribution is -0.155. The quantitative estimate of drug-likeness (QED) is 0.822. The van der Waals surface area contributed by atoms with Gasteiger partial charge < -0.3 is 4.90 Å². The Kier molecular flexibility index (Phi) is 4.83. The summed E-state index contributed by atoms with van der Waals surface area (Å²) in [6.45, 7) is 3.26. The summed E-state index contributed by atoms with van der Waals surface area (Å²) in [5.74, 6) is -0.997. The summed E-state index contributed by atoms with van der Waals surface area (Å²) >= 11 is 5.05. The molecule has 0 unspecified atom stereocenters. The maximum atomic E-state index is 12.3. The van der Waals surface area contributed by atoms with Crippen molar-refractivity contribution in [1.82, 2.24) is 10.2 Å². The fraction of sp³-hybridized carbons (Fsp3) is 0.500. The molecule has 0 radical (unpaired) electrons. The molecule has 114 valence electrons. The van der Waals surface area contributed by atoms with Crippen molar-refractivity contribution in [2.75, 3.05) is 6.54 Å². The van der Waals surface area contributed by atoms with E-state index in [0.29, 0.717) is 12.8 Å². The van der Waals surface area contributed by atoms with Crippen molar-refractivity contribution in [2.45, 2.75) is 38.6 Å². The average Bonchev–Trinajstić information content (AvgIpc) is 2.80. The molecule has 2 rings (SSSR count). The first kappa shape index (κ1) is 16.2. The second-order valence-corrected chi connectivity index (χ2v) is 8.02. The lowest BCUT2D eigenvalue weighted by Crippen LogP contribution is -2.65. The molecular weight excluding hydrogens is 356 g/mol. The Hall–Kier alpha value is -1.21. The van der Waals surface area contributed by atoms with E-state index in [0.717, 1.165) is 10.2 Å². The molecule has 0 atom stereocenters. The number of hydrogen-bond donors (Lipinski definition) is 1. The van der Waals surface area contributed by atoms with Crippen LogP contribution >= 0.6 is 27.3 Å². The molecule has 0 bridgehead atoms. The molecule has 1 saturated heterocycles. The van der Waals surface area contributed by atoms with E-state index in [1.807, 2.05) is 12.1 Å². The second-order valence-electron chi connectivity index (χ2n) is 5.48. The minimum Gasteiger partial charge on any atom is -0.319 e. The summed E-state index contributed by atoms with van der Waals surface area (Å²) in [5.41, 5.74) is -0.975. The molecule has 0 spiro atoms. The molecule has 1 aromatic heterocycles. The highest BCUT2D eigenvalue weighted by atomic mass is 79.9. The summed E-state index contributed by atoms with van der Waals surface area (Å²) in [4.78, 5) is 38.1. The maximum absolute atomic E-state index is 12.3. The molecule has 3 amide bonds. The molecule has 0 saturated carbocycles. The Labute approximate surface area is 135 Å². The van der Waals surface area contributed by atoms with Crippen LogP contribution in [0.25, 0.3) is 0 Å². The number of imide groups is 1. The van der Waals surface area contributed by atoms with E-state index in [1.165, 1.54) is 9.78 Å². The first-order chi connectivity index (χ1) is 9.80. The standard InChI is InChI=1S/C14H17BrN2O3S/c1-14(2)13(20)16-11(18)8-17(14)12(19)5-3-4-9-6-7-10(15)21-9/h6-7H,3-5,8H2,1-2H3,(H,16,18,20). The fourth-order valence-electron chi connectivity index (χ4n) is 2.22. The lowest BCUT2D eigenvalue weighted by Gasteiger charge is -2.40. The molecule has 5 nitrogen and oxygen atoms in total. The molecule has 1 N–H and O–H groups in total. The molecule has 1 aliphatic rings. The summed E-state index contributed by atoms with van der Waals surface area (Å²) in [5, 5.41) is 2.26. The topological polar surface area (TPSA) is 66.5 Å². The monoisotopic (exact) mass is 372 g/mol. The van der Waals surface area contributed by atoms with Gasteiger partial charge in [0.1, 0.15) is 12.1 Å². The molecule has 1 aliphatic heterocycles. The summed E-state index contributed by atoms with van der Waals surface area (Å²) < 4.78 is 1.07. The molecule has 1 aromatic rings. The van der Waals surface area contributed by atoms with Gasteiger partial charge in [0.25, 0.3) is 5.91 Å². The van der Waals surface area contributed by atoms with Gasteiger partial charge in [-0.25, -0.2) is 0 Å². The highest BCUT2D eigenvalue weighted by molar-refractivity contribution is 9.11. The maximum Gasteiger partial charge on any atom is 0.252 e. The van der Waals surface area contributed by atoms with E-state index in [1.54, 1.807) is 25.2 Å². The van der Waals surface area contributed by atoms with Gasteiger partial charge in [-0.2, -0.15) is 0 Å². The van der Waals surface area contributed by atoms with E-state index in [2.05, 4.69) is 21.2 Å². The van der Waals surface area contributed by atoms with Gasteiger partial charge >= 0.3 is 0 Å². The van der Waals surface area contributed by atoms with Crippen LogP contribution in [0.3, 0.4) is 0 Å². The fourth-order valence-corrected chi connectivity index (χ4v) is 3.74. The van der Waals surface area contributed by atoms with Crippen molar-refractivity contribution in [2.24, 2.45) is 0 Å². The van der Waals surface area contributed by atoms with Crippen LogP contribution in [0.1, 0.15) is 31.6 Å². The number of aryl methyl sites for hydroxylation is 1. The van der Waals surface area contributed by atoms with E-state index in [-0.39, 0.29) is 12.5 Å². The van der Waals surface area contributed by atoms with Crippen molar-refractivity contribution in [3.63, 3.8) is 0 Å². The minimum atomic E-state index is -0.975. The smallest absolute Gasteiger partial charge is 0.252 e. The number of carbonyl (C=O) groups is 3. The van der Waals surface area contributed by atoms with Crippen LogP contribution in [0.15, 0.2) is 15.9 Å². The molecule has 0 aromatic carbocycles. The van der Waals surface area contributed by atoms with Gasteiger partial charge in [-0.1, -0.05) is 0 Å². The van der Waals surface area contributed by atoms with Crippen molar-refractivity contribution in [1.29, 1.82) is 0 Å². The van der Waals surface area contributed by atoms with Gasteiger partial charge in [0, 0.05) is 11.3 Å². The van der Waals surface area contributed by atoms with Gasteiger partial charge in [-0.3, -0.25) is 19.7 Å². The SMILES string of the molecule is CC1(C)C(=O)NC(=O)CN1C(=O)CCCc1ccc(Br)s1. The number of thiophene rings is 1. The second kappa shape index (κ2) is 6.27. The Bertz CT molecular complexity index is 583. The van der Waals surface area contributed by atoms with Crippen molar-refractivity contribution in [3.8, 4) is 0 Å². The highest BCUT2D eigenvalue weighted by Gasteiger charge is 2.43. The first-order valence-corrected chi connectivity index (χ1v) is 8.30. The zero-order chi connectivity index (χ0) is 15.6. The zero-order valence-corrected chi connectivity index (χ0v) is 14.3. The Balaban J connectivity index is 1.92. The number of rotatable bonds is 4. The Morgan fingerprint density at radius 2 is 2.14 bits per heavy atom. The highest BCUT2D eigenvalue weighted by Crippen LogP contribution is 2.24. The van der Waals surface area contributed by atoms with Gasteiger partial charge in [0.2, 0.25) is 11.8 Å². The average molecular weight is 373 g/mol. The molecule has 1 fully saturated rings. The van der Waals surface area contributed by atoms with Gasteiger partial charge in [-0.05, 0) is 54.8 Å². The number of halogens is 1. The predicted octanol–water partition coefficient (Wildman–Crippen LogP) is 2.10. The van der Waals surface area contributed by atoms with Crippen LogP contribution in [0.5, 0.6) is 0 Å². The van der Waals surface area contributed by atoms with Crippen LogP contribution < -0.4 is 5.32 Å². The molecule has 0 aliphatic carbocycles. The lowest BCUT2D eigenvalue weighted by atomic mass is 9.97. The van der Waals surface area contributed by atoms with Crippen molar-refractivity contribution in [3.05, 3.63) is 20.8 Å². The number of nitrogens with one attached hydrogen (secondary N) is 1. The number of piperazine rings is 1. The number of carbonyl (C=O) groups excluding carboxylic acids is 3. The molecule has 7 heteroatoms. The van der Waals surface area contributed by atoms with Gasteiger partial charge in [0.05, 0.1) is 3.79 Å². The zero-order valence-electron chi connectivity index (χ0n) is 11.9. The van der Waals surface area contributed by atoms with Crippen molar-refractivity contribution >= 4 is 45.0 Å². The van der Waals surface area contributed by atoms with Gasteiger partial charge in [-0.15, -0.1) is 11.3 Å². The normalized spacial score (nSPS) is 17.8. The van der Waals surface area contributed by atoms with E-state index >= 15 is 0 Å². The predicted molar refractivity (Wildman–Crippen MR) is 83.9 cm³/mol. The van der Waals surface area contributed by atoms with E-state index < -0.39 is 17.4 Å². The van der Waals surface area contributed by atoms with Crippen molar-refractivity contribution < 1.29 is 14.4 Å². The first-order valence-electron chi connectivity index (χ1n) is 6.69. The van der Waals surface area contributed by atoms with Crippen LogP contribution in [0.2, 0.25) is 0 Å². The van der Waals surface area contributed by atoms with Crippen LogP contribution in [0.4, 0.5) is 0 Å². The largest absolute Gasteiger partial charge is 0.319 e. The third-order valence-electron chi connectivity index (χ3n) is 3.53. The van der Waals surface area contributed by atoms with Crippen LogP contribution in [0, 0.1) is 0 Å².